The minimum Gasteiger partial charge on any atom is -0.368 e. The number of aromatic nitrogens is 4. The number of rotatable bonds is 2. The van der Waals surface area contributed by atoms with E-state index in [0.29, 0.717) is 31.2 Å². The summed E-state index contributed by atoms with van der Waals surface area (Å²) < 4.78 is 5.65. The zero-order valence-electron chi connectivity index (χ0n) is 12.0. The second-order valence-corrected chi connectivity index (χ2v) is 4.96. The minimum atomic E-state index is -0.421. The number of carbonyl (C=O) groups excluding carboxylic acids is 1. The molecule has 1 N–H and O–H groups in total. The molecule has 1 amide bonds. The molecule has 114 valence electrons. The van der Waals surface area contributed by atoms with Crippen LogP contribution in [0.4, 0.5) is 0 Å². The SMILES string of the molecule is Cc1nc([C@H]2CN(C(=O)c3cnccn3)CCO2)cc(=O)[nH]1. The Morgan fingerprint density at radius 3 is 3.05 bits per heavy atom. The Bertz CT molecular complexity index is 731. The summed E-state index contributed by atoms with van der Waals surface area (Å²) in [6.45, 7) is 2.87. The maximum Gasteiger partial charge on any atom is 0.274 e. The first-order valence-corrected chi connectivity index (χ1v) is 6.88. The smallest absolute Gasteiger partial charge is 0.274 e. The van der Waals surface area contributed by atoms with Crippen molar-refractivity contribution in [2.24, 2.45) is 0 Å². The fourth-order valence-corrected chi connectivity index (χ4v) is 2.35. The second-order valence-electron chi connectivity index (χ2n) is 4.96. The number of morpholine rings is 1. The molecule has 1 atom stereocenters. The molecule has 0 radical (unpaired) electrons. The predicted molar refractivity (Wildman–Crippen MR) is 76.2 cm³/mol. The van der Waals surface area contributed by atoms with Crippen LogP contribution in [0.15, 0.2) is 29.5 Å². The fraction of sp³-hybridized carbons (Fsp3) is 0.357. The van der Waals surface area contributed by atoms with Crippen molar-refractivity contribution in [3.8, 4) is 0 Å². The highest BCUT2D eigenvalue weighted by atomic mass is 16.5. The van der Waals surface area contributed by atoms with Gasteiger partial charge in [0.25, 0.3) is 11.5 Å². The molecule has 0 spiro atoms. The molecule has 0 saturated carbocycles. The summed E-state index contributed by atoms with van der Waals surface area (Å²) in [5, 5.41) is 0. The number of nitrogens with zero attached hydrogens (tertiary/aromatic N) is 4. The molecule has 1 aliphatic heterocycles. The first-order valence-electron chi connectivity index (χ1n) is 6.88. The van der Waals surface area contributed by atoms with Crippen molar-refractivity contribution in [3.63, 3.8) is 0 Å². The van der Waals surface area contributed by atoms with E-state index in [1.54, 1.807) is 11.8 Å². The number of amides is 1. The van der Waals surface area contributed by atoms with Crippen molar-refractivity contribution in [1.29, 1.82) is 0 Å². The van der Waals surface area contributed by atoms with Crippen LogP contribution in [-0.2, 0) is 4.74 Å². The van der Waals surface area contributed by atoms with Gasteiger partial charge in [0.05, 0.1) is 25.0 Å². The van der Waals surface area contributed by atoms with E-state index in [0.717, 1.165) is 0 Å². The standard InChI is InChI=1S/C14H15N5O3/c1-9-17-10(6-13(20)18-9)12-8-19(4-5-22-12)14(21)11-7-15-2-3-16-11/h2-3,6-7,12H,4-5,8H2,1H3,(H,17,18,20)/t12-/m1/s1. The van der Waals surface area contributed by atoms with Gasteiger partial charge in [-0.15, -0.1) is 0 Å². The Hall–Kier alpha value is -2.61. The quantitative estimate of drug-likeness (QED) is 0.843. The number of aromatic amines is 1. The first kappa shape index (κ1) is 14.3. The summed E-state index contributed by atoms with van der Waals surface area (Å²) in [7, 11) is 0. The number of carbonyl (C=O) groups is 1. The molecular weight excluding hydrogens is 286 g/mol. The average molecular weight is 301 g/mol. The largest absolute Gasteiger partial charge is 0.368 e. The number of aryl methyl sites for hydroxylation is 1. The van der Waals surface area contributed by atoms with Crippen LogP contribution in [0.5, 0.6) is 0 Å². The maximum absolute atomic E-state index is 12.4. The molecule has 22 heavy (non-hydrogen) atoms. The lowest BCUT2D eigenvalue weighted by Crippen LogP contribution is -2.43. The fourth-order valence-electron chi connectivity index (χ4n) is 2.35. The van der Waals surface area contributed by atoms with E-state index in [4.69, 9.17) is 4.74 Å². The second kappa shape index (κ2) is 6.02. The summed E-state index contributed by atoms with van der Waals surface area (Å²) in [5.74, 6) is 0.312. The molecular formula is C14H15N5O3. The molecule has 1 saturated heterocycles. The van der Waals surface area contributed by atoms with Gasteiger partial charge in [0.2, 0.25) is 0 Å². The van der Waals surface area contributed by atoms with Crippen LogP contribution in [0, 0.1) is 6.92 Å². The Balaban J connectivity index is 1.79. The van der Waals surface area contributed by atoms with Gasteiger partial charge in [-0.2, -0.15) is 0 Å². The molecule has 2 aromatic heterocycles. The van der Waals surface area contributed by atoms with Crippen molar-refractivity contribution in [3.05, 3.63) is 52.2 Å². The number of ether oxygens (including phenoxy) is 1. The van der Waals surface area contributed by atoms with Crippen molar-refractivity contribution in [2.45, 2.75) is 13.0 Å². The van der Waals surface area contributed by atoms with Crippen LogP contribution in [0.25, 0.3) is 0 Å². The van der Waals surface area contributed by atoms with E-state index >= 15 is 0 Å². The zero-order valence-corrected chi connectivity index (χ0v) is 12.0. The molecule has 1 aliphatic rings. The van der Waals surface area contributed by atoms with Gasteiger partial charge >= 0.3 is 0 Å². The summed E-state index contributed by atoms with van der Waals surface area (Å²) in [4.78, 5) is 40.3. The molecule has 3 rings (SSSR count). The van der Waals surface area contributed by atoms with E-state index in [9.17, 15) is 9.59 Å². The van der Waals surface area contributed by atoms with E-state index in [-0.39, 0.29) is 17.2 Å². The summed E-state index contributed by atoms with van der Waals surface area (Å²) in [6, 6.07) is 1.40. The average Bonchev–Trinajstić information content (AvgIpc) is 2.54. The van der Waals surface area contributed by atoms with Crippen molar-refractivity contribution >= 4 is 5.91 Å². The molecule has 2 aromatic rings. The lowest BCUT2D eigenvalue weighted by molar-refractivity contribution is -0.0251. The van der Waals surface area contributed by atoms with Crippen molar-refractivity contribution < 1.29 is 9.53 Å². The maximum atomic E-state index is 12.4. The molecule has 3 heterocycles. The number of nitrogens with one attached hydrogen (secondary N) is 1. The van der Waals surface area contributed by atoms with E-state index in [1.807, 2.05) is 0 Å². The zero-order chi connectivity index (χ0) is 15.5. The third-order valence-electron chi connectivity index (χ3n) is 3.35. The third-order valence-corrected chi connectivity index (χ3v) is 3.35. The summed E-state index contributed by atoms with van der Waals surface area (Å²) in [5.41, 5.74) is 0.583. The van der Waals surface area contributed by atoms with Gasteiger partial charge in [0.1, 0.15) is 17.6 Å². The highest BCUT2D eigenvalue weighted by Crippen LogP contribution is 2.20. The highest BCUT2D eigenvalue weighted by molar-refractivity contribution is 5.92. The first-order chi connectivity index (χ1) is 10.6. The Kier molecular flexibility index (Phi) is 3.92. The van der Waals surface area contributed by atoms with Gasteiger partial charge in [0, 0.05) is 25.0 Å². The van der Waals surface area contributed by atoms with E-state index in [1.165, 1.54) is 24.7 Å². The molecule has 1 fully saturated rings. The van der Waals surface area contributed by atoms with Gasteiger partial charge in [-0.1, -0.05) is 0 Å². The molecule has 0 bridgehead atoms. The summed E-state index contributed by atoms with van der Waals surface area (Å²) in [6.07, 6.45) is 4.01. The molecule has 0 unspecified atom stereocenters. The lowest BCUT2D eigenvalue weighted by Gasteiger charge is -2.32. The van der Waals surface area contributed by atoms with E-state index in [2.05, 4.69) is 19.9 Å². The van der Waals surface area contributed by atoms with Crippen molar-refractivity contribution in [1.82, 2.24) is 24.8 Å². The number of hydrogen-bond acceptors (Lipinski definition) is 6. The number of H-pyrrole nitrogens is 1. The van der Waals surface area contributed by atoms with E-state index < -0.39 is 6.10 Å². The van der Waals surface area contributed by atoms with Gasteiger partial charge in [-0.05, 0) is 6.92 Å². The van der Waals surface area contributed by atoms with Gasteiger partial charge < -0.3 is 14.6 Å². The van der Waals surface area contributed by atoms with Crippen LogP contribution in [0.3, 0.4) is 0 Å². The normalized spacial score (nSPS) is 18.2. The molecule has 8 nitrogen and oxygen atoms in total. The van der Waals surface area contributed by atoms with Crippen LogP contribution in [0.1, 0.15) is 28.1 Å². The highest BCUT2D eigenvalue weighted by Gasteiger charge is 2.28. The van der Waals surface area contributed by atoms with Crippen molar-refractivity contribution in [2.75, 3.05) is 19.7 Å². The number of hydrogen-bond donors (Lipinski definition) is 1. The van der Waals surface area contributed by atoms with Gasteiger partial charge in [-0.25, -0.2) is 9.97 Å². The van der Waals surface area contributed by atoms with Crippen LogP contribution in [0.2, 0.25) is 0 Å². The predicted octanol–water partition coefficient (Wildman–Crippen LogP) is 0.0820. The van der Waals surface area contributed by atoms with Crippen LogP contribution in [-0.4, -0.2) is 50.4 Å². The minimum absolute atomic E-state index is 0.206. The monoisotopic (exact) mass is 301 g/mol. The topological polar surface area (TPSA) is 101 Å². The van der Waals surface area contributed by atoms with Gasteiger partial charge in [-0.3, -0.25) is 14.6 Å². The molecule has 0 aromatic carbocycles. The third kappa shape index (κ3) is 3.01. The lowest BCUT2D eigenvalue weighted by atomic mass is 10.2. The Morgan fingerprint density at radius 1 is 1.45 bits per heavy atom. The van der Waals surface area contributed by atoms with Gasteiger partial charge in [0.15, 0.2) is 0 Å². The van der Waals surface area contributed by atoms with Crippen LogP contribution >= 0.6 is 0 Å². The van der Waals surface area contributed by atoms with Crippen LogP contribution < -0.4 is 5.56 Å². The Labute approximate surface area is 126 Å². The Morgan fingerprint density at radius 2 is 2.32 bits per heavy atom. The molecule has 8 heteroatoms. The molecule has 0 aliphatic carbocycles. The summed E-state index contributed by atoms with van der Waals surface area (Å²) >= 11 is 0.